The molecule has 1 amide bonds. The van der Waals surface area contributed by atoms with Gasteiger partial charge in [-0.1, -0.05) is 59.1 Å². The number of hydrogen-bond acceptors (Lipinski definition) is 3. The summed E-state index contributed by atoms with van der Waals surface area (Å²) in [7, 11) is 0. The van der Waals surface area contributed by atoms with Crippen LogP contribution in [0.2, 0.25) is 15.1 Å². The van der Waals surface area contributed by atoms with E-state index in [2.05, 4.69) is 10.2 Å². The monoisotopic (exact) mass is 488 g/mol. The molecule has 0 bridgehead atoms. The average molecular weight is 490 g/mol. The number of likely N-dealkylation sites (tertiary alicyclic amines) is 1. The lowest BCUT2D eigenvalue weighted by atomic mass is 9.96. The number of rotatable bonds is 6. The summed E-state index contributed by atoms with van der Waals surface area (Å²) in [6.45, 7) is 0.589. The fraction of sp³-hybridized carbons (Fsp3) is 0.240. The van der Waals surface area contributed by atoms with Crippen molar-refractivity contribution in [2.75, 3.05) is 13.2 Å². The van der Waals surface area contributed by atoms with Crippen LogP contribution in [-0.4, -0.2) is 41.1 Å². The molecule has 4 nitrogen and oxygen atoms in total. The first-order chi connectivity index (χ1) is 15.4. The second-order valence-corrected chi connectivity index (χ2v) is 9.26. The second kappa shape index (κ2) is 10.2. The Bertz CT molecular complexity index is 1010. The molecule has 2 N–H and O–H groups in total. The number of aliphatic hydroxyl groups is 1. The number of carbonyl (C=O) groups excluding carboxylic acids is 1. The van der Waals surface area contributed by atoms with Crippen molar-refractivity contribution in [1.82, 2.24) is 10.2 Å². The average Bonchev–Trinajstić information content (AvgIpc) is 3.19. The molecule has 1 aliphatic rings. The minimum Gasteiger partial charge on any atom is -0.395 e. The van der Waals surface area contributed by atoms with Gasteiger partial charge in [0.1, 0.15) is 0 Å². The van der Waals surface area contributed by atoms with Crippen LogP contribution in [0.5, 0.6) is 0 Å². The first-order valence-corrected chi connectivity index (χ1v) is 11.5. The van der Waals surface area contributed by atoms with Crippen molar-refractivity contribution in [3.8, 4) is 0 Å². The van der Waals surface area contributed by atoms with E-state index < -0.39 is 0 Å². The topological polar surface area (TPSA) is 52.6 Å². The smallest absolute Gasteiger partial charge is 0.251 e. The fourth-order valence-corrected chi connectivity index (χ4v) is 4.66. The van der Waals surface area contributed by atoms with E-state index in [1.54, 1.807) is 24.3 Å². The molecule has 1 heterocycles. The Hall–Kier alpha value is -2.08. The lowest BCUT2D eigenvalue weighted by Gasteiger charge is -2.33. The van der Waals surface area contributed by atoms with Gasteiger partial charge in [0.15, 0.2) is 0 Å². The fourth-order valence-electron chi connectivity index (χ4n) is 4.28. The highest BCUT2D eigenvalue weighted by molar-refractivity contribution is 6.31. The predicted octanol–water partition coefficient (Wildman–Crippen LogP) is 5.60. The Morgan fingerprint density at radius 1 is 0.875 bits per heavy atom. The first kappa shape index (κ1) is 23.1. The molecular weight excluding hydrogens is 467 g/mol. The molecule has 32 heavy (non-hydrogen) atoms. The SMILES string of the molecule is O=C(N[C@@H]1C[C@@H](CO)N(C(c2ccc(Cl)cc2)c2ccc(Cl)cc2)C1)c1ccc(Cl)cc1. The van der Waals surface area contributed by atoms with Crippen LogP contribution in [0, 0.1) is 0 Å². The van der Waals surface area contributed by atoms with Crippen molar-refractivity contribution in [3.63, 3.8) is 0 Å². The molecule has 1 fully saturated rings. The van der Waals surface area contributed by atoms with E-state index in [-0.39, 0.29) is 30.6 Å². The Labute approximate surface area is 202 Å². The molecule has 0 unspecified atom stereocenters. The summed E-state index contributed by atoms with van der Waals surface area (Å²) >= 11 is 18.2. The molecule has 4 rings (SSSR count). The van der Waals surface area contributed by atoms with Gasteiger partial charge in [-0.2, -0.15) is 0 Å². The Balaban J connectivity index is 1.60. The van der Waals surface area contributed by atoms with Gasteiger partial charge >= 0.3 is 0 Å². The van der Waals surface area contributed by atoms with Crippen molar-refractivity contribution >= 4 is 40.7 Å². The normalized spacial score (nSPS) is 18.8. The Morgan fingerprint density at radius 2 is 1.34 bits per heavy atom. The number of hydrogen-bond donors (Lipinski definition) is 2. The third kappa shape index (κ3) is 5.28. The number of amides is 1. The molecule has 3 aromatic rings. The highest BCUT2D eigenvalue weighted by atomic mass is 35.5. The summed E-state index contributed by atoms with van der Waals surface area (Å²) in [6, 6.07) is 21.9. The zero-order valence-corrected chi connectivity index (χ0v) is 19.5. The second-order valence-electron chi connectivity index (χ2n) is 7.95. The summed E-state index contributed by atoms with van der Waals surface area (Å²) in [5, 5.41) is 15.2. The van der Waals surface area contributed by atoms with Gasteiger partial charge in [0.05, 0.1) is 12.6 Å². The van der Waals surface area contributed by atoms with Crippen molar-refractivity contribution in [2.24, 2.45) is 0 Å². The Morgan fingerprint density at radius 3 is 1.81 bits per heavy atom. The van der Waals surface area contributed by atoms with Gasteiger partial charge in [0.25, 0.3) is 5.91 Å². The van der Waals surface area contributed by atoms with E-state index in [1.807, 2.05) is 48.5 Å². The lowest BCUT2D eigenvalue weighted by molar-refractivity contribution is 0.0936. The van der Waals surface area contributed by atoms with Crippen molar-refractivity contribution < 1.29 is 9.90 Å². The van der Waals surface area contributed by atoms with Crippen LogP contribution in [0.3, 0.4) is 0 Å². The summed E-state index contributed by atoms with van der Waals surface area (Å²) < 4.78 is 0. The van der Waals surface area contributed by atoms with Crippen LogP contribution in [-0.2, 0) is 0 Å². The summed E-state index contributed by atoms with van der Waals surface area (Å²) in [6.07, 6.45) is 0.646. The van der Waals surface area contributed by atoms with E-state index in [0.29, 0.717) is 33.6 Å². The van der Waals surface area contributed by atoms with Crippen LogP contribution in [0.15, 0.2) is 72.8 Å². The first-order valence-electron chi connectivity index (χ1n) is 10.4. The third-order valence-corrected chi connectivity index (χ3v) is 6.57. The van der Waals surface area contributed by atoms with E-state index in [9.17, 15) is 9.90 Å². The van der Waals surface area contributed by atoms with Crippen LogP contribution in [0.1, 0.15) is 33.9 Å². The molecule has 2 atom stereocenters. The molecule has 0 spiro atoms. The Kier molecular flexibility index (Phi) is 7.39. The number of aliphatic hydroxyl groups excluding tert-OH is 1. The minimum atomic E-state index is -0.153. The van der Waals surface area contributed by atoms with Gasteiger partial charge in [0, 0.05) is 39.3 Å². The molecule has 1 saturated heterocycles. The number of benzene rings is 3. The third-order valence-electron chi connectivity index (χ3n) is 5.81. The van der Waals surface area contributed by atoms with E-state index in [0.717, 1.165) is 11.1 Å². The number of halogens is 3. The van der Waals surface area contributed by atoms with Crippen LogP contribution in [0.4, 0.5) is 0 Å². The zero-order valence-electron chi connectivity index (χ0n) is 17.2. The van der Waals surface area contributed by atoms with E-state index >= 15 is 0 Å². The molecule has 1 aliphatic heterocycles. The number of nitrogens with one attached hydrogen (secondary N) is 1. The lowest BCUT2D eigenvalue weighted by Crippen LogP contribution is -2.39. The molecule has 166 valence electrons. The molecule has 0 aromatic heterocycles. The quantitative estimate of drug-likeness (QED) is 0.474. The van der Waals surface area contributed by atoms with Gasteiger partial charge < -0.3 is 10.4 Å². The van der Waals surface area contributed by atoms with Gasteiger partial charge in [-0.15, -0.1) is 0 Å². The molecule has 0 radical (unpaired) electrons. The van der Waals surface area contributed by atoms with Gasteiger partial charge in [-0.05, 0) is 66.1 Å². The summed E-state index contributed by atoms with van der Waals surface area (Å²) in [5.41, 5.74) is 2.67. The minimum absolute atomic E-state index is 0.00893. The predicted molar refractivity (Wildman–Crippen MR) is 130 cm³/mol. The van der Waals surface area contributed by atoms with Crippen LogP contribution < -0.4 is 5.32 Å². The maximum Gasteiger partial charge on any atom is 0.251 e. The van der Waals surface area contributed by atoms with Gasteiger partial charge in [-0.3, -0.25) is 9.69 Å². The molecule has 7 heteroatoms. The molecule has 3 aromatic carbocycles. The number of carbonyl (C=O) groups is 1. The zero-order chi connectivity index (χ0) is 22.7. The van der Waals surface area contributed by atoms with Crippen molar-refractivity contribution in [1.29, 1.82) is 0 Å². The van der Waals surface area contributed by atoms with Crippen molar-refractivity contribution in [2.45, 2.75) is 24.5 Å². The standard InChI is InChI=1S/C25H23Cl3N2O2/c26-19-7-1-16(2-8-19)24(17-3-9-20(27)10-4-17)30-14-22(13-23(30)15-31)29-25(32)18-5-11-21(28)12-6-18/h1-12,22-24,31H,13-15H2,(H,29,32)/t22-,23+/m1/s1. The summed E-state index contributed by atoms with van der Waals surface area (Å²) in [4.78, 5) is 15.0. The molecule has 0 aliphatic carbocycles. The van der Waals surface area contributed by atoms with Gasteiger partial charge in [-0.25, -0.2) is 0 Å². The molecular formula is C25H23Cl3N2O2. The van der Waals surface area contributed by atoms with E-state index in [1.165, 1.54) is 0 Å². The van der Waals surface area contributed by atoms with Gasteiger partial charge in [0.2, 0.25) is 0 Å². The maximum atomic E-state index is 12.7. The number of nitrogens with zero attached hydrogens (tertiary/aromatic N) is 1. The van der Waals surface area contributed by atoms with Crippen LogP contribution >= 0.6 is 34.8 Å². The summed E-state index contributed by atoms with van der Waals surface area (Å²) in [5.74, 6) is -0.153. The maximum absolute atomic E-state index is 12.7. The highest BCUT2D eigenvalue weighted by Crippen LogP contribution is 2.36. The highest BCUT2D eigenvalue weighted by Gasteiger charge is 2.38. The van der Waals surface area contributed by atoms with Crippen LogP contribution in [0.25, 0.3) is 0 Å². The van der Waals surface area contributed by atoms with Crippen molar-refractivity contribution in [3.05, 3.63) is 105 Å². The van der Waals surface area contributed by atoms with E-state index in [4.69, 9.17) is 34.8 Å². The molecule has 0 saturated carbocycles. The largest absolute Gasteiger partial charge is 0.395 e.